The number of nitrogens with one attached hydrogen (secondary N) is 1. The van der Waals surface area contributed by atoms with Crippen molar-refractivity contribution >= 4 is 17.1 Å². The van der Waals surface area contributed by atoms with E-state index in [0.29, 0.717) is 24.1 Å². The second kappa shape index (κ2) is 13.7. The minimum absolute atomic E-state index is 0.223. The highest BCUT2D eigenvalue weighted by Crippen LogP contribution is 2.40. The molecule has 3 aromatic rings. The maximum absolute atomic E-state index is 11.4. The van der Waals surface area contributed by atoms with Crippen LogP contribution in [0.4, 0.5) is 0 Å². The summed E-state index contributed by atoms with van der Waals surface area (Å²) in [6, 6.07) is 22.0. The van der Waals surface area contributed by atoms with E-state index in [1.807, 2.05) is 60.7 Å². The molecule has 41 heavy (non-hydrogen) atoms. The van der Waals surface area contributed by atoms with E-state index in [-0.39, 0.29) is 19.4 Å². The molecule has 1 aliphatic carbocycles. The normalized spacial score (nSPS) is 16.2. The number of ether oxygens (including phenoxy) is 4. The Hall–Kier alpha value is -3.81. The van der Waals surface area contributed by atoms with Crippen LogP contribution in [0, 0.1) is 0 Å². The zero-order chi connectivity index (χ0) is 28.6. The van der Waals surface area contributed by atoms with Crippen LogP contribution >= 0.6 is 0 Å². The molecular formula is C34H39NO6. The van der Waals surface area contributed by atoms with Gasteiger partial charge in [-0.3, -0.25) is 4.79 Å². The van der Waals surface area contributed by atoms with Gasteiger partial charge in [0.15, 0.2) is 11.5 Å². The fraction of sp³-hybridized carbons (Fsp3) is 0.382. The number of allylic oxidation sites excluding steroid dienone is 1. The first-order chi connectivity index (χ1) is 20.0. The van der Waals surface area contributed by atoms with Gasteiger partial charge in [-0.2, -0.15) is 0 Å². The van der Waals surface area contributed by atoms with Gasteiger partial charge >= 0.3 is 5.97 Å². The van der Waals surface area contributed by atoms with Crippen LogP contribution in [-0.2, 0) is 4.79 Å². The highest BCUT2D eigenvalue weighted by molar-refractivity contribution is 5.99. The van der Waals surface area contributed by atoms with Crippen molar-refractivity contribution in [1.82, 2.24) is 5.32 Å². The van der Waals surface area contributed by atoms with Gasteiger partial charge in [0.05, 0.1) is 0 Å². The average molecular weight is 558 g/mol. The van der Waals surface area contributed by atoms with Crippen molar-refractivity contribution in [2.75, 3.05) is 19.9 Å². The van der Waals surface area contributed by atoms with Crippen LogP contribution < -0.4 is 24.3 Å². The lowest BCUT2D eigenvalue weighted by Gasteiger charge is -2.24. The average Bonchev–Trinajstić information content (AvgIpc) is 3.47. The fourth-order valence-electron chi connectivity index (χ4n) is 5.56. The first-order valence-corrected chi connectivity index (χ1v) is 14.6. The van der Waals surface area contributed by atoms with Gasteiger partial charge in [-0.1, -0.05) is 56.5 Å². The molecule has 216 valence electrons. The molecule has 1 fully saturated rings. The van der Waals surface area contributed by atoms with Crippen LogP contribution in [0.15, 0.2) is 66.7 Å². The molecular weight excluding hydrogens is 518 g/mol. The van der Waals surface area contributed by atoms with Crippen molar-refractivity contribution in [1.29, 1.82) is 0 Å². The minimum Gasteiger partial charge on any atom is -0.491 e. The van der Waals surface area contributed by atoms with Crippen LogP contribution in [0.25, 0.3) is 11.1 Å². The molecule has 3 aromatic carbocycles. The van der Waals surface area contributed by atoms with E-state index in [2.05, 4.69) is 18.3 Å². The van der Waals surface area contributed by atoms with Crippen molar-refractivity contribution < 1.29 is 28.8 Å². The third kappa shape index (κ3) is 7.48. The van der Waals surface area contributed by atoms with Crippen molar-refractivity contribution in [3.8, 4) is 23.0 Å². The van der Waals surface area contributed by atoms with Gasteiger partial charge in [-0.05, 0) is 83.5 Å². The number of carbonyl (C=O) groups is 1. The summed E-state index contributed by atoms with van der Waals surface area (Å²) < 4.78 is 22.4. The summed E-state index contributed by atoms with van der Waals surface area (Å²) in [7, 11) is 0. The van der Waals surface area contributed by atoms with Gasteiger partial charge in [-0.25, -0.2) is 0 Å². The molecule has 2 aliphatic rings. The molecule has 0 bridgehead atoms. The van der Waals surface area contributed by atoms with E-state index in [0.717, 1.165) is 45.8 Å². The Morgan fingerprint density at radius 2 is 1.54 bits per heavy atom. The van der Waals surface area contributed by atoms with E-state index in [9.17, 15) is 9.90 Å². The van der Waals surface area contributed by atoms with Gasteiger partial charge in [0, 0.05) is 19.5 Å². The molecule has 1 aliphatic heterocycles. The lowest BCUT2D eigenvalue weighted by atomic mass is 9.88. The topological polar surface area (TPSA) is 86.2 Å². The van der Waals surface area contributed by atoms with Crippen molar-refractivity contribution in [3.05, 3.63) is 83.4 Å². The number of benzene rings is 3. The summed E-state index contributed by atoms with van der Waals surface area (Å²) in [4.78, 5) is 11.4. The Kier molecular flexibility index (Phi) is 9.59. The molecule has 7 nitrogen and oxygen atoms in total. The molecule has 5 rings (SSSR count). The molecule has 1 saturated carbocycles. The predicted octanol–water partition coefficient (Wildman–Crippen LogP) is 6.37. The number of carbonyl (C=O) groups excluding carboxylic acids is 1. The Balaban J connectivity index is 1.37. The first-order valence-electron chi connectivity index (χ1n) is 14.6. The molecule has 2 N–H and O–H groups in total. The molecule has 1 atom stereocenters. The highest BCUT2D eigenvalue weighted by atomic mass is 16.7. The quantitative estimate of drug-likeness (QED) is 0.161. The summed E-state index contributed by atoms with van der Waals surface area (Å²) in [5.74, 6) is 2.33. The monoisotopic (exact) mass is 557 g/mol. The van der Waals surface area contributed by atoms with Crippen LogP contribution in [0.3, 0.4) is 0 Å². The predicted molar refractivity (Wildman–Crippen MR) is 159 cm³/mol. The number of esters is 1. The third-order valence-electron chi connectivity index (χ3n) is 7.61. The maximum Gasteiger partial charge on any atom is 0.308 e. The number of hydrogen-bond donors (Lipinski definition) is 2. The highest BCUT2D eigenvalue weighted by Gasteiger charge is 2.19. The number of aliphatic hydroxyl groups is 1. The third-order valence-corrected chi connectivity index (χ3v) is 7.61. The fourth-order valence-corrected chi connectivity index (χ4v) is 5.56. The van der Waals surface area contributed by atoms with E-state index >= 15 is 0 Å². The minimum atomic E-state index is -0.569. The lowest BCUT2D eigenvalue weighted by Crippen LogP contribution is -2.38. The van der Waals surface area contributed by atoms with Gasteiger partial charge in [-0.15, -0.1) is 0 Å². The smallest absolute Gasteiger partial charge is 0.308 e. The number of fused-ring (bicyclic) bond motifs is 1. The Bertz CT molecular complexity index is 1340. The van der Waals surface area contributed by atoms with Crippen LogP contribution in [0.2, 0.25) is 0 Å². The van der Waals surface area contributed by atoms with Gasteiger partial charge < -0.3 is 29.4 Å². The first kappa shape index (κ1) is 28.7. The van der Waals surface area contributed by atoms with E-state index in [1.54, 1.807) is 0 Å². The maximum atomic E-state index is 11.4. The van der Waals surface area contributed by atoms with Crippen LogP contribution in [0.5, 0.6) is 23.0 Å². The summed E-state index contributed by atoms with van der Waals surface area (Å²) >= 11 is 0. The van der Waals surface area contributed by atoms with E-state index < -0.39 is 6.10 Å². The van der Waals surface area contributed by atoms with Crippen molar-refractivity contribution in [3.63, 3.8) is 0 Å². The number of rotatable bonds is 11. The Morgan fingerprint density at radius 3 is 2.20 bits per heavy atom. The Morgan fingerprint density at radius 1 is 0.902 bits per heavy atom. The van der Waals surface area contributed by atoms with Crippen LogP contribution in [0.1, 0.15) is 69.1 Å². The molecule has 0 aromatic heterocycles. The molecule has 0 spiro atoms. The SMILES string of the molecule is CCC(=C(c1ccc(OCC(O)CNC2CCCCC2)cc1)c1ccc(OC(C)=O)cc1)c1ccc2c(c1)OCO2. The zero-order valence-corrected chi connectivity index (χ0v) is 23.9. The molecule has 1 heterocycles. The molecule has 1 unspecified atom stereocenters. The van der Waals surface area contributed by atoms with E-state index in [4.69, 9.17) is 18.9 Å². The molecule has 7 heteroatoms. The summed E-state index contributed by atoms with van der Waals surface area (Å²) in [6.07, 6.45) is 6.41. The van der Waals surface area contributed by atoms with Crippen LogP contribution in [-0.4, -0.2) is 43.2 Å². The number of hydrogen-bond acceptors (Lipinski definition) is 7. The van der Waals surface area contributed by atoms with E-state index in [1.165, 1.54) is 39.0 Å². The summed E-state index contributed by atoms with van der Waals surface area (Å²) in [5, 5.41) is 13.9. The lowest BCUT2D eigenvalue weighted by molar-refractivity contribution is -0.131. The second-order valence-corrected chi connectivity index (χ2v) is 10.6. The van der Waals surface area contributed by atoms with Gasteiger partial charge in [0.2, 0.25) is 6.79 Å². The van der Waals surface area contributed by atoms with Gasteiger partial charge in [0.1, 0.15) is 24.2 Å². The van der Waals surface area contributed by atoms with Crippen molar-refractivity contribution in [2.24, 2.45) is 0 Å². The molecule has 0 amide bonds. The summed E-state index contributed by atoms with van der Waals surface area (Å²) in [6.45, 7) is 4.52. The largest absolute Gasteiger partial charge is 0.491 e. The standard InChI is InChI=1S/C34H39NO6/c1-3-31(26-13-18-32-33(19-26)40-22-39-32)34(25-11-16-30(17-12-25)41-23(2)36)24-9-14-29(15-10-24)38-21-28(37)20-35-27-7-5-4-6-8-27/h9-19,27-28,35,37H,3-8,20-22H2,1-2H3. The second-order valence-electron chi connectivity index (χ2n) is 10.6. The zero-order valence-electron chi connectivity index (χ0n) is 23.9. The molecule has 0 saturated heterocycles. The number of aliphatic hydroxyl groups excluding tert-OH is 1. The van der Waals surface area contributed by atoms with Crippen molar-refractivity contribution in [2.45, 2.75) is 64.5 Å². The summed E-state index contributed by atoms with van der Waals surface area (Å²) in [5.41, 5.74) is 5.26. The molecule has 0 radical (unpaired) electrons. The Labute approximate surface area is 242 Å². The van der Waals surface area contributed by atoms with Gasteiger partial charge in [0.25, 0.3) is 0 Å².